The lowest BCUT2D eigenvalue weighted by molar-refractivity contribution is 0.553. The van der Waals surface area contributed by atoms with Gasteiger partial charge in [-0.15, -0.1) is 0 Å². The first-order valence-electron chi connectivity index (χ1n) is 4.89. The van der Waals surface area contributed by atoms with E-state index in [9.17, 15) is 0 Å². The Hall–Kier alpha value is -1.38. The molecule has 0 amide bonds. The zero-order valence-electron chi connectivity index (χ0n) is 8.44. The largest absolute Gasteiger partial charge is 0.218 e. The second-order valence-electron chi connectivity index (χ2n) is 3.43. The van der Waals surface area contributed by atoms with Crippen LogP contribution in [0.4, 0.5) is 0 Å². The summed E-state index contributed by atoms with van der Waals surface area (Å²) in [7, 11) is 1.60. The number of thiophene rings is 1. The molecule has 74 valence electrons. The molecule has 0 aliphatic rings. The molecule has 0 bridgehead atoms. The molecule has 15 heavy (non-hydrogen) atoms. The van der Waals surface area contributed by atoms with Gasteiger partial charge in [-0.1, -0.05) is 24.3 Å². The molecular formula is C13H11OS+. The van der Waals surface area contributed by atoms with Crippen LogP contribution in [-0.2, 0) is 0 Å². The molecular weight excluding hydrogens is 204 g/mol. The SMILES string of the molecule is CO[s+]1c2ccccc2c2ccccc21. The van der Waals surface area contributed by atoms with Crippen molar-refractivity contribution < 1.29 is 4.18 Å². The van der Waals surface area contributed by atoms with Crippen LogP contribution in [0.1, 0.15) is 0 Å². The van der Waals surface area contributed by atoms with E-state index in [1.165, 1.54) is 20.2 Å². The Morgan fingerprint density at radius 2 is 1.27 bits per heavy atom. The zero-order valence-corrected chi connectivity index (χ0v) is 9.25. The third-order valence-electron chi connectivity index (χ3n) is 2.63. The highest BCUT2D eigenvalue weighted by Gasteiger charge is 2.20. The van der Waals surface area contributed by atoms with E-state index in [2.05, 4.69) is 48.5 Å². The van der Waals surface area contributed by atoms with Gasteiger partial charge in [-0.2, -0.15) is 4.18 Å². The Morgan fingerprint density at radius 3 is 1.73 bits per heavy atom. The van der Waals surface area contributed by atoms with E-state index >= 15 is 0 Å². The van der Waals surface area contributed by atoms with Crippen LogP contribution < -0.4 is 4.18 Å². The molecule has 1 nitrogen and oxygen atoms in total. The van der Waals surface area contributed by atoms with Crippen molar-refractivity contribution in [3.63, 3.8) is 0 Å². The summed E-state index contributed by atoms with van der Waals surface area (Å²) in [4.78, 5) is 0. The fourth-order valence-corrected chi connectivity index (χ4v) is 3.76. The van der Waals surface area contributed by atoms with Crippen LogP contribution in [0.25, 0.3) is 20.2 Å². The molecule has 2 heteroatoms. The summed E-state index contributed by atoms with van der Waals surface area (Å²) < 4.78 is 8.21. The molecule has 2 aromatic carbocycles. The van der Waals surface area contributed by atoms with Crippen LogP contribution in [-0.4, -0.2) is 7.11 Å². The minimum absolute atomic E-state index is 0.184. The van der Waals surface area contributed by atoms with Crippen LogP contribution in [0.2, 0.25) is 0 Å². The fraction of sp³-hybridized carbons (Fsp3) is 0.0769. The first kappa shape index (κ1) is 8.89. The van der Waals surface area contributed by atoms with Gasteiger partial charge in [0.25, 0.3) is 0 Å². The van der Waals surface area contributed by atoms with Gasteiger partial charge < -0.3 is 0 Å². The summed E-state index contributed by atoms with van der Waals surface area (Å²) in [5.74, 6) is 0. The van der Waals surface area contributed by atoms with Gasteiger partial charge in [0.15, 0.2) is 10.8 Å². The lowest BCUT2D eigenvalue weighted by Gasteiger charge is -1.83. The molecule has 0 aliphatic carbocycles. The smallest absolute Gasteiger partial charge is 0.153 e. The Balaban J connectivity index is 2.62. The van der Waals surface area contributed by atoms with Crippen molar-refractivity contribution in [3.8, 4) is 0 Å². The van der Waals surface area contributed by atoms with Crippen LogP contribution in [0.15, 0.2) is 48.5 Å². The first-order chi connectivity index (χ1) is 7.42. The van der Waals surface area contributed by atoms with Crippen molar-refractivity contribution in [1.29, 1.82) is 0 Å². The van der Waals surface area contributed by atoms with Gasteiger partial charge >= 0.3 is 0 Å². The molecule has 0 saturated heterocycles. The second-order valence-corrected chi connectivity index (χ2v) is 5.18. The minimum atomic E-state index is -0.184. The third-order valence-corrected chi connectivity index (χ3v) is 4.47. The Bertz CT molecular complexity index is 571. The van der Waals surface area contributed by atoms with Gasteiger partial charge in [-0.25, -0.2) is 0 Å². The lowest BCUT2D eigenvalue weighted by atomic mass is 10.2. The average molecular weight is 215 g/mol. The monoisotopic (exact) mass is 215 g/mol. The zero-order chi connectivity index (χ0) is 10.3. The minimum Gasteiger partial charge on any atom is -0.153 e. The van der Waals surface area contributed by atoms with Crippen molar-refractivity contribution in [2.24, 2.45) is 0 Å². The van der Waals surface area contributed by atoms with E-state index in [0.717, 1.165) is 0 Å². The molecule has 0 aliphatic heterocycles. The first-order valence-corrected chi connectivity index (χ1v) is 6.04. The van der Waals surface area contributed by atoms with Crippen LogP contribution in [0.3, 0.4) is 0 Å². The number of hydrogen-bond acceptors (Lipinski definition) is 1. The molecule has 0 spiro atoms. The van der Waals surface area contributed by atoms with Crippen molar-refractivity contribution in [3.05, 3.63) is 48.5 Å². The van der Waals surface area contributed by atoms with Gasteiger partial charge in [-0.05, 0) is 12.1 Å². The maximum absolute atomic E-state index is 5.59. The maximum atomic E-state index is 5.59. The molecule has 0 atom stereocenters. The standard InChI is InChI=1S/C13H11OS/c1-14-15-12-8-4-2-6-10(12)11-7-3-5-9-13(11)15/h2-9H,1H3/q+1. The average Bonchev–Trinajstić information content (AvgIpc) is 2.63. The Morgan fingerprint density at radius 1 is 0.800 bits per heavy atom. The quantitative estimate of drug-likeness (QED) is 0.561. The molecule has 0 fully saturated rings. The molecule has 0 radical (unpaired) electrons. The number of hydrogen-bond donors (Lipinski definition) is 0. The number of rotatable bonds is 1. The predicted molar refractivity (Wildman–Crippen MR) is 66.4 cm³/mol. The maximum Gasteiger partial charge on any atom is 0.218 e. The highest BCUT2D eigenvalue weighted by molar-refractivity contribution is 7.39. The number of benzene rings is 2. The van der Waals surface area contributed by atoms with E-state index in [0.29, 0.717) is 0 Å². The van der Waals surface area contributed by atoms with Gasteiger partial charge in [0.1, 0.15) is 0 Å². The summed E-state index contributed by atoms with van der Waals surface area (Å²) >= 11 is 0. The number of fused-ring (bicyclic) bond motifs is 3. The Kier molecular flexibility index (Phi) is 1.97. The third kappa shape index (κ3) is 1.19. The van der Waals surface area contributed by atoms with Crippen LogP contribution >= 0.6 is 10.8 Å². The highest BCUT2D eigenvalue weighted by Crippen LogP contribution is 2.40. The van der Waals surface area contributed by atoms with E-state index in [1.807, 2.05) is 0 Å². The van der Waals surface area contributed by atoms with Crippen LogP contribution in [0, 0.1) is 0 Å². The van der Waals surface area contributed by atoms with Gasteiger partial charge in [0.2, 0.25) is 9.40 Å². The summed E-state index contributed by atoms with van der Waals surface area (Å²) in [6.45, 7) is 0. The Labute approximate surface area is 91.1 Å². The van der Waals surface area contributed by atoms with E-state index in [4.69, 9.17) is 4.18 Å². The predicted octanol–water partition coefficient (Wildman–Crippen LogP) is 3.80. The van der Waals surface area contributed by atoms with E-state index in [-0.39, 0.29) is 10.8 Å². The van der Waals surface area contributed by atoms with E-state index < -0.39 is 0 Å². The summed E-state index contributed by atoms with van der Waals surface area (Å²) in [6, 6.07) is 17.0. The molecule has 3 aromatic rings. The highest BCUT2D eigenvalue weighted by atomic mass is 32.2. The second kappa shape index (κ2) is 3.33. The molecule has 1 heterocycles. The summed E-state index contributed by atoms with van der Waals surface area (Å²) in [5.41, 5.74) is 0. The normalized spacial score (nSPS) is 11.3. The van der Waals surface area contributed by atoms with Crippen molar-refractivity contribution in [2.45, 2.75) is 0 Å². The van der Waals surface area contributed by atoms with Crippen molar-refractivity contribution >= 4 is 30.9 Å². The van der Waals surface area contributed by atoms with Gasteiger partial charge in [-0.3, -0.25) is 0 Å². The fourth-order valence-electron chi connectivity index (χ4n) is 2.00. The summed E-state index contributed by atoms with van der Waals surface area (Å²) in [5, 5.41) is 2.64. The van der Waals surface area contributed by atoms with Gasteiger partial charge in [0, 0.05) is 12.1 Å². The topological polar surface area (TPSA) is 9.23 Å². The molecule has 1 aromatic heterocycles. The summed E-state index contributed by atoms with van der Waals surface area (Å²) in [6.07, 6.45) is 0. The van der Waals surface area contributed by atoms with Crippen molar-refractivity contribution in [1.82, 2.24) is 0 Å². The molecule has 3 rings (SSSR count). The van der Waals surface area contributed by atoms with Crippen molar-refractivity contribution in [2.75, 3.05) is 7.11 Å². The molecule has 0 saturated carbocycles. The van der Waals surface area contributed by atoms with Gasteiger partial charge in [0.05, 0.1) is 17.9 Å². The molecule has 0 N–H and O–H groups in total. The van der Waals surface area contributed by atoms with Crippen LogP contribution in [0.5, 0.6) is 0 Å². The molecule has 0 unspecified atom stereocenters. The lowest BCUT2D eigenvalue weighted by Crippen LogP contribution is -1.78. The van der Waals surface area contributed by atoms with E-state index in [1.54, 1.807) is 7.11 Å².